The van der Waals surface area contributed by atoms with Gasteiger partial charge in [0.2, 0.25) is 0 Å². The lowest BCUT2D eigenvalue weighted by atomic mass is 10.0. The van der Waals surface area contributed by atoms with Gasteiger partial charge in [-0.05, 0) is 48.8 Å². The summed E-state index contributed by atoms with van der Waals surface area (Å²) >= 11 is 5.71. The van der Waals surface area contributed by atoms with E-state index in [-0.39, 0.29) is 11.3 Å². The molecule has 2 rings (SSSR count). The van der Waals surface area contributed by atoms with Crippen molar-refractivity contribution >= 4 is 11.6 Å². The van der Waals surface area contributed by atoms with Crippen molar-refractivity contribution in [1.82, 2.24) is 5.32 Å². The SMILES string of the molecule is CNC(Cc1cccc(C(F)(F)F)c1)c1ccc(Cl)o1. The Kier molecular flexibility index (Phi) is 4.40. The summed E-state index contributed by atoms with van der Waals surface area (Å²) in [7, 11) is 1.72. The maximum absolute atomic E-state index is 12.7. The van der Waals surface area contributed by atoms with Crippen LogP contribution in [-0.4, -0.2) is 7.05 Å². The summed E-state index contributed by atoms with van der Waals surface area (Å²) in [5, 5.41) is 3.26. The van der Waals surface area contributed by atoms with Crippen molar-refractivity contribution in [3.63, 3.8) is 0 Å². The molecular formula is C14H13ClF3NO. The van der Waals surface area contributed by atoms with Crippen LogP contribution in [0.5, 0.6) is 0 Å². The molecule has 0 radical (unpaired) electrons. The Balaban J connectivity index is 2.20. The highest BCUT2D eigenvalue weighted by atomic mass is 35.5. The van der Waals surface area contributed by atoms with Crippen LogP contribution in [0.4, 0.5) is 13.2 Å². The molecule has 0 aliphatic carbocycles. The van der Waals surface area contributed by atoms with Crippen molar-refractivity contribution in [3.05, 3.63) is 58.5 Å². The number of furan rings is 1. The molecule has 0 amide bonds. The number of hydrogen-bond donors (Lipinski definition) is 1. The van der Waals surface area contributed by atoms with Crippen LogP contribution in [0.15, 0.2) is 40.8 Å². The van der Waals surface area contributed by atoms with Crippen LogP contribution in [0.2, 0.25) is 5.22 Å². The van der Waals surface area contributed by atoms with Gasteiger partial charge >= 0.3 is 6.18 Å². The molecule has 0 spiro atoms. The van der Waals surface area contributed by atoms with Gasteiger partial charge in [-0.25, -0.2) is 0 Å². The van der Waals surface area contributed by atoms with Crippen LogP contribution in [0.1, 0.15) is 22.9 Å². The summed E-state index contributed by atoms with van der Waals surface area (Å²) in [5.41, 5.74) is -0.0750. The topological polar surface area (TPSA) is 25.2 Å². The third kappa shape index (κ3) is 3.55. The molecule has 0 saturated heterocycles. The van der Waals surface area contributed by atoms with Crippen molar-refractivity contribution in [2.45, 2.75) is 18.6 Å². The minimum atomic E-state index is -4.33. The number of nitrogens with one attached hydrogen (secondary N) is 1. The molecule has 108 valence electrons. The maximum atomic E-state index is 12.7. The highest BCUT2D eigenvalue weighted by Gasteiger charge is 2.30. The number of benzene rings is 1. The average Bonchev–Trinajstić information content (AvgIpc) is 2.82. The highest BCUT2D eigenvalue weighted by molar-refractivity contribution is 6.28. The lowest BCUT2D eigenvalue weighted by Crippen LogP contribution is -2.18. The third-order valence-corrected chi connectivity index (χ3v) is 3.18. The van der Waals surface area contributed by atoms with Gasteiger partial charge in [0.25, 0.3) is 0 Å². The first-order valence-electron chi connectivity index (χ1n) is 5.99. The van der Waals surface area contributed by atoms with Crippen molar-refractivity contribution in [2.75, 3.05) is 7.05 Å². The lowest BCUT2D eigenvalue weighted by molar-refractivity contribution is -0.137. The zero-order chi connectivity index (χ0) is 14.8. The second-order valence-electron chi connectivity index (χ2n) is 4.39. The summed E-state index contributed by atoms with van der Waals surface area (Å²) in [5.74, 6) is 0.593. The lowest BCUT2D eigenvalue weighted by Gasteiger charge is -2.15. The summed E-state index contributed by atoms with van der Waals surface area (Å²) in [6, 6.07) is 8.34. The molecule has 1 unspecified atom stereocenters. The number of rotatable bonds is 4. The number of likely N-dealkylation sites (N-methyl/N-ethyl adjacent to an activating group) is 1. The summed E-state index contributed by atoms with van der Waals surface area (Å²) in [4.78, 5) is 0. The number of alkyl halides is 3. The van der Waals surface area contributed by atoms with Gasteiger partial charge in [0.15, 0.2) is 5.22 Å². The van der Waals surface area contributed by atoms with Gasteiger partial charge in [0.1, 0.15) is 5.76 Å². The van der Waals surface area contributed by atoms with Crippen molar-refractivity contribution in [2.24, 2.45) is 0 Å². The third-order valence-electron chi connectivity index (χ3n) is 2.98. The molecule has 2 aromatic rings. The van der Waals surface area contributed by atoms with Crippen LogP contribution in [-0.2, 0) is 12.6 Å². The first-order valence-corrected chi connectivity index (χ1v) is 6.36. The predicted molar refractivity (Wildman–Crippen MR) is 70.7 cm³/mol. The first-order chi connectivity index (χ1) is 9.40. The van der Waals surface area contributed by atoms with Crippen molar-refractivity contribution in [1.29, 1.82) is 0 Å². The fourth-order valence-corrected chi connectivity index (χ4v) is 2.12. The maximum Gasteiger partial charge on any atom is 0.416 e. The van der Waals surface area contributed by atoms with E-state index in [1.165, 1.54) is 6.07 Å². The molecule has 0 aliphatic heterocycles. The minimum absolute atomic E-state index is 0.231. The van der Waals surface area contributed by atoms with Gasteiger partial charge in [-0.1, -0.05) is 18.2 Å². The zero-order valence-electron chi connectivity index (χ0n) is 10.7. The van der Waals surface area contributed by atoms with Gasteiger partial charge in [0.05, 0.1) is 11.6 Å². The van der Waals surface area contributed by atoms with Gasteiger partial charge in [0, 0.05) is 0 Å². The summed E-state index contributed by atoms with van der Waals surface area (Å²) in [6.45, 7) is 0. The van der Waals surface area contributed by atoms with E-state index in [4.69, 9.17) is 16.0 Å². The smallest absolute Gasteiger partial charge is 0.416 e. The highest BCUT2D eigenvalue weighted by Crippen LogP contribution is 2.30. The molecule has 0 aliphatic rings. The Labute approximate surface area is 119 Å². The molecule has 0 fully saturated rings. The molecule has 20 heavy (non-hydrogen) atoms. The summed E-state index contributed by atoms with van der Waals surface area (Å²) in [6.07, 6.45) is -3.95. The van der Waals surface area contributed by atoms with Crippen LogP contribution in [0, 0.1) is 0 Å². The van der Waals surface area contributed by atoms with Crippen molar-refractivity contribution < 1.29 is 17.6 Å². The predicted octanol–water partition coefficient (Wildman–Crippen LogP) is 4.46. The van der Waals surface area contributed by atoms with Crippen LogP contribution >= 0.6 is 11.6 Å². The van der Waals surface area contributed by atoms with E-state index in [9.17, 15) is 13.2 Å². The average molecular weight is 304 g/mol. The molecule has 0 saturated carbocycles. The Morgan fingerprint density at radius 1 is 1.25 bits per heavy atom. The zero-order valence-corrected chi connectivity index (χ0v) is 11.4. The molecule has 2 nitrogen and oxygen atoms in total. The van der Waals surface area contributed by atoms with Crippen LogP contribution in [0.3, 0.4) is 0 Å². The van der Waals surface area contributed by atoms with E-state index in [0.717, 1.165) is 12.1 Å². The van der Waals surface area contributed by atoms with Gasteiger partial charge in [-0.3, -0.25) is 0 Å². The Hall–Kier alpha value is -1.46. The molecule has 1 aromatic carbocycles. The van der Waals surface area contributed by atoms with E-state index in [1.807, 2.05) is 0 Å². The monoisotopic (exact) mass is 303 g/mol. The van der Waals surface area contributed by atoms with E-state index in [0.29, 0.717) is 17.7 Å². The number of halogens is 4. The molecule has 6 heteroatoms. The molecular weight excluding hydrogens is 291 g/mol. The van der Waals surface area contributed by atoms with Gasteiger partial charge in [-0.2, -0.15) is 13.2 Å². The van der Waals surface area contributed by atoms with Crippen LogP contribution in [0.25, 0.3) is 0 Å². The Morgan fingerprint density at radius 3 is 2.55 bits per heavy atom. The van der Waals surface area contributed by atoms with Crippen molar-refractivity contribution in [3.8, 4) is 0 Å². The number of hydrogen-bond acceptors (Lipinski definition) is 2. The fourth-order valence-electron chi connectivity index (χ4n) is 1.97. The Bertz CT molecular complexity index is 580. The first kappa shape index (κ1) is 14.9. The molecule has 0 bridgehead atoms. The molecule has 1 N–H and O–H groups in total. The Morgan fingerprint density at radius 2 is 2.00 bits per heavy atom. The molecule has 1 heterocycles. The van der Waals surface area contributed by atoms with E-state index in [2.05, 4.69) is 5.32 Å². The quantitative estimate of drug-likeness (QED) is 0.902. The fraction of sp³-hybridized carbons (Fsp3) is 0.286. The molecule has 1 atom stereocenters. The normalized spacial score (nSPS) is 13.4. The second-order valence-corrected chi connectivity index (χ2v) is 4.76. The van der Waals surface area contributed by atoms with E-state index in [1.54, 1.807) is 25.2 Å². The van der Waals surface area contributed by atoms with Gasteiger partial charge in [-0.15, -0.1) is 0 Å². The van der Waals surface area contributed by atoms with E-state index >= 15 is 0 Å². The van der Waals surface area contributed by atoms with Gasteiger partial charge < -0.3 is 9.73 Å². The minimum Gasteiger partial charge on any atom is -0.448 e. The summed E-state index contributed by atoms with van der Waals surface area (Å²) < 4.78 is 43.3. The standard InChI is InChI=1S/C14H13ClF3NO/c1-19-11(12-5-6-13(15)20-12)8-9-3-2-4-10(7-9)14(16,17)18/h2-7,11,19H,8H2,1H3. The largest absolute Gasteiger partial charge is 0.448 e. The second kappa shape index (κ2) is 5.89. The van der Waals surface area contributed by atoms with E-state index < -0.39 is 11.7 Å². The van der Waals surface area contributed by atoms with Crippen LogP contribution < -0.4 is 5.32 Å². The molecule has 1 aromatic heterocycles.